The Labute approximate surface area is 194 Å². The van der Waals surface area contributed by atoms with Gasteiger partial charge in [0, 0.05) is 28.9 Å². The van der Waals surface area contributed by atoms with Crippen molar-refractivity contribution in [2.75, 3.05) is 5.32 Å². The van der Waals surface area contributed by atoms with E-state index in [1.807, 2.05) is 6.07 Å². The lowest BCUT2D eigenvalue weighted by molar-refractivity contribution is 0.0950. The van der Waals surface area contributed by atoms with E-state index >= 15 is 0 Å². The van der Waals surface area contributed by atoms with E-state index in [4.69, 9.17) is 0 Å². The SMILES string of the molecule is CC(C)(C)NS(=O)(=O)c1ccccc1CNC(=O)c1ccc(NC(=O)c2ccccc2)cc1. The van der Waals surface area contributed by atoms with Gasteiger partial charge in [-0.05, 0) is 68.8 Å². The molecular formula is C25H27N3O4S. The third-order valence-corrected chi connectivity index (χ3v) is 6.44. The minimum absolute atomic E-state index is 0.0482. The van der Waals surface area contributed by atoms with Crippen LogP contribution in [0.3, 0.4) is 0 Å². The molecule has 2 amide bonds. The highest BCUT2D eigenvalue weighted by atomic mass is 32.2. The zero-order chi connectivity index (χ0) is 24.1. The number of carbonyl (C=O) groups excluding carboxylic acids is 2. The Bertz CT molecular complexity index is 1230. The van der Waals surface area contributed by atoms with Crippen molar-refractivity contribution in [3.63, 3.8) is 0 Å². The smallest absolute Gasteiger partial charge is 0.255 e. The first-order chi connectivity index (χ1) is 15.5. The summed E-state index contributed by atoms with van der Waals surface area (Å²) in [5.41, 5.74) is 1.33. The van der Waals surface area contributed by atoms with E-state index in [1.54, 1.807) is 87.5 Å². The number of amides is 2. The summed E-state index contributed by atoms with van der Waals surface area (Å²) in [6, 6.07) is 21.8. The van der Waals surface area contributed by atoms with E-state index in [0.717, 1.165) is 0 Å². The molecule has 0 aliphatic heterocycles. The average molecular weight is 466 g/mol. The van der Waals surface area contributed by atoms with Gasteiger partial charge in [0.2, 0.25) is 10.0 Å². The topological polar surface area (TPSA) is 104 Å². The second-order valence-corrected chi connectivity index (χ2v) is 10.2. The molecule has 0 aliphatic rings. The van der Waals surface area contributed by atoms with Gasteiger partial charge in [-0.2, -0.15) is 0 Å². The van der Waals surface area contributed by atoms with Crippen LogP contribution in [0.2, 0.25) is 0 Å². The Morgan fingerprint density at radius 3 is 1.97 bits per heavy atom. The summed E-state index contributed by atoms with van der Waals surface area (Å²) in [6.45, 7) is 5.34. The van der Waals surface area contributed by atoms with Gasteiger partial charge >= 0.3 is 0 Å². The average Bonchev–Trinajstić information content (AvgIpc) is 2.77. The maximum absolute atomic E-state index is 12.8. The highest BCUT2D eigenvalue weighted by molar-refractivity contribution is 7.89. The van der Waals surface area contributed by atoms with Crippen molar-refractivity contribution >= 4 is 27.5 Å². The van der Waals surface area contributed by atoms with Crippen LogP contribution in [-0.4, -0.2) is 25.8 Å². The Balaban J connectivity index is 1.65. The van der Waals surface area contributed by atoms with Crippen LogP contribution >= 0.6 is 0 Å². The number of rotatable bonds is 7. The summed E-state index contributed by atoms with van der Waals surface area (Å²) in [6.07, 6.45) is 0. The van der Waals surface area contributed by atoms with Crippen LogP contribution in [0.15, 0.2) is 83.8 Å². The minimum atomic E-state index is -3.74. The number of carbonyl (C=O) groups is 2. The fourth-order valence-corrected chi connectivity index (χ4v) is 4.80. The van der Waals surface area contributed by atoms with Crippen molar-refractivity contribution in [3.05, 3.63) is 95.6 Å². The van der Waals surface area contributed by atoms with Crippen molar-refractivity contribution in [3.8, 4) is 0 Å². The molecule has 0 atom stereocenters. The van der Waals surface area contributed by atoms with E-state index in [0.29, 0.717) is 22.4 Å². The predicted octanol–water partition coefficient (Wildman–Crippen LogP) is 3.95. The molecular weight excluding hydrogens is 438 g/mol. The molecule has 3 aromatic carbocycles. The predicted molar refractivity (Wildman–Crippen MR) is 129 cm³/mol. The lowest BCUT2D eigenvalue weighted by Gasteiger charge is -2.21. The highest BCUT2D eigenvalue weighted by Crippen LogP contribution is 2.18. The summed E-state index contributed by atoms with van der Waals surface area (Å²) < 4.78 is 28.1. The third kappa shape index (κ3) is 6.74. The molecule has 0 saturated carbocycles. The van der Waals surface area contributed by atoms with E-state index in [-0.39, 0.29) is 23.3 Å². The van der Waals surface area contributed by atoms with Crippen LogP contribution in [0, 0.1) is 0 Å². The zero-order valence-electron chi connectivity index (χ0n) is 18.8. The number of benzene rings is 3. The third-order valence-electron chi connectivity index (χ3n) is 4.58. The molecule has 0 unspecified atom stereocenters. The lowest BCUT2D eigenvalue weighted by Crippen LogP contribution is -2.41. The number of nitrogens with one attached hydrogen (secondary N) is 3. The van der Waals surface area contributed by atoms with Crippen LogP contribution in [0.5, 0.6) is 0 Å². The molecule has 172 valence electrons. The fraction of sp³-hybridized carbons (Fsp3) is 0.200. The summed E-state index contributed by atoms with van der Waals surface area (Å²) in [5.74, 6) is -0.596. The number of anilines is 1. The van der Waals surface area contributed by atoms with E-state index < -0.39 is 15.6 Å². The molecule has 0 aliphatic carbocycles. The van der Waals surface area contributed by atoms with E-state index in [2.05, 4.69) is 15.4 Å². The standard InChI is InChI=1S/C25H27N3O4S/c1-25(2,3)28-33(31,32)22-12-8-7-11-20(22)17-26-23(29)19-13-15-21(16-14-19)27-24(30)18-9-5-4-6-10-18/h4-16,28H,17H2,1-3H3,(H,26,29)(H,27,30). The van der Waals surface area contributed by atoms with Crippen LogP contribution in [0.4, 0.5) is 5.69 Å². The van der Waals surface area contributed by atoms with E-state index in [1.165, 1.54) is 6.07 Å². The van der Waals surface area contributed by atoms with Gasteiger partial charge in [-0.15, -0.1) is 0 Å². The molecule has 0 saturated heterocycles. The van der Waals surface area contributed by atoms with Gasteiger partial charge in [-0.25, -0.2) is 13.1 Å². The summed E-state index contributed by atoms with van der Waals surface area (Å²) >= 11 is 0. The van der Waals surface area contributed by atoms with Crippen molar-refractivity contribution in [1.29, 1.82) is 0 Å². The molecule has 7 nitrogen and oxygen atoms in total. The second kappa shape index (κ2) is 9.97. The number of sulfonamides is 1. The Hall–Kier alpha value is -3.49. The minimum Gasteiger partial charge on any atom is -0.348 e. The van der Waals surface area contributed by atoms with Gasteiger partial charge in [0.05, 0.1) is 4.90 Å². The second-order valence-electron chi connectivity index (χ2n) is 8.54. The molecule has 33 heavy (non-hydrogen) atoms. The maximum atomic E-state index is 12.8. The van der Waals surface area contributed by atoms with Gasteiger partial charge < -0.3 is 10.6 Å². The van der Waals surface area contributed by atoms with Crippen molar-refractivity contribution in [2.45, 2.75) is 37.8 Å². The first kappa shape index (κ1) is 24.2. The normalized spacial score (nSPS) is 11.6. The highest BCUT2D eigenvalue weighted by Gasteiger charge is 2.24. The maximum Gasteiger partial charge on any atom is 0.255 e. The fourth-order valence-electron chi connectivity index (χ4n) is 3.15. The molecule has 0 fully saturated rings. The monoisotopic (exact) mass is 465 g/mol. The molecule has 0 spiro atoms. The summed E-state index contributed by atoms with van der Waals surface area (Å²) in [5, 5.41) is 5.54. The Kier molecular flexibility index (Phi) is 7.30. The molecule has 0 aromatic heterocycles. The van der Waals surface area contributed by atoms with Crippen LogP contribution in [-0.2, 0) is 16.6 Å². The van der Waals surface area contributed by atoms with Gasteiger partial charge in [0.1, 0.15) is 0 Å². The van der Waals surface area contributed by atoms with Crippen molar-refractivity contribution < 1.29 is 18.0 Å². The molecule has 0 heterocycles. The number of hydrogen-bond donors (Lipinski definition) is 3. The van der Waals surface area contributed by atoms with Crippen LogP contribution in [0.25, 0.3) is 0 Å². The van der Waals surface area contributed by atoms with Crippen molar-refractivity contribution in [2.24, 2.45) is 0 Å². The van der Waals surface area contributed by atoms with Gasteiger partial charge in [-0.3, -0.25) is 9.59 Å². The molecule has 8 heteroatoms. The van der Waals surface area contributed by atoms with Gasteiger partial charge in [0.15, 0.2) is 0 Å². The van der Waals surface area contributed by atoms with Crippen LogP contribution in [0.1, 0.15) is 47.1 Å². The largest absolute Gasteiger partial charge is 0.348 e. The van der Waals surface area contributed by atoms with E-state index in [9.17, 15) is 18.0 Å². The molecule has 3 N–H and O–H groups in total. The first-order valence-electron chi connectivity index (χ1n) is 10.4. The van der Waals surface area contributed by atoms with Gasteiger partial charge in [-0.1, -0.05) is 36.4 Å². The number of hydrogen-bond acceptors (Lipinski definition) is 4. The summed E-state index contributed by atoms with van der Waals surface area (Å²) in [7, 11) is -3.74. The first-order valence-corrected chi connectivity index (χ1v) is 11.9. The Morgan fingerprint density at radius 1 is 0.758 bits per heavy atom. The Morgan fingerprint density at radius 2 is 1.33 bits per heavy atom. The quantitative estimate of drug-likeness (QED) is 0.491. The molecule has 3 aromatic rings. The summed E-state index contributed by atoms with van der Waals surface area (Å²) in [4.78, 5) is 25.0. The molecule has 3 rings (SSSR count). The zero-order valence-corrected chi connectivity index (χ0v) is 19.6. The lowest BCUT2D eigenvalue weighted by atomic mass is 10.1. The van der Waals surface area contributed by atoms with Crippen molar-refractivity contribution in [1.82, 2.24) is 10.0 Å². The molecule has 0 radical (unpaired) electrons. The molecule has 0 bridgehead atoms. The van der Waals surface area contributed by atoms with Gasteiger partial charge in [0.25, 0.3) is 11.8 Å². The van der Waals surface area contributed by atoms with Crippen LogP contribution < -0.4 is 15.4 Å².